The zero-order valence-electron chi connectivity index (χ0n) is 17.5. The Hall–Kier alpha value is -3.24. The third kappa shape index (κ3) is 4.68. The molecule has 1 fully saturated rings. The molecule has 3 aromatic rings. The molecule has 5 atom stereocenters. The molecule has 0 bridgehead atoms. The maximum absolute atomic E-state index is 12.9. The number of fused-ring (bicyclic) bond motifs is 1. The molecule has 188 valence electrons. The zero-order chi connectivity index (χ0) is 25.7. The number of hydrogen-bond donors (Lipinski definition) is 7. The first-order chi connectivity index (χ1) is 16.4. The molecule has 0 saturated carbocycles. The highest BCUT2D eigenvalue weighted by Crippen LogP contribution is 2.45. The lowest BCUT2D eigenvalue weighted by Crippen LogP contribution is -2.56. The molecule has 2 heterocycles. The van der Waals surface area contributed by atoms with Crippen LogP contribution in [0.25, 0.3) is 22.3 Å². The Balaban J connectivity index is 1.89. The monoisotopic (exact) mass is 512 g/mol. The highest BCUT2D eigenvalue weighted by atomic mass is 32.3. The minimum Gasteiger partial charge on any atom is -0.508 e. The van der Waals surface area contributed by atoms with E-state index in [2.05, 4.69) is 4.18 Å². The van der Waals surface area contributed by atoms with Crippen molar-refractivity contribution in [1.29, 1.82) is 0 Å². The van der Waals surface area contributed by atoms with Crippen molar-refractivity contribution < 1.29 is 56.9 Å². The second-order valence-electron chi connectivity index (χ2n) is 7.80. The van der Waals surface area contributed by atoms with Crippen molar-refractivity contribution in [3.8, 4) is 28.6 Å². The van der Waals surface area contributed by atoms with E-state index in [1.54, 1.807) is 0 Å². The number of phenolic OH excluding ortho intramolecular Hbond substituents is 3. The fourth-order valence-corrected chi connectivity index (χ4v) is 4.42. The van der Waals surface area contributed by atoms with Gasteiger partial charge in [0.25, 0.3) is 0 Å². The average Bonchev–Trinajstić information content (AvgIpc) is 2.77. The summed E-state index contributed by atoms with van der Waals surface area (Å²) in [5.74, 6) is -1.69. The molecule has 1 aliphatic rings. The summed E-state index contributed by atoms with van der Waals surface area (Å²) < 4.78 is 47.2. The first-order valence-corrected chi connectivity index (χ1v) is 11.4. The molecule has 1 aliphatic heterocycles. The highest BCUT2D eigenvalue weighted by molar-refractivity contribution is 7.80. The van der Waals surface area contributed by atoms with Crippen LogP contribution >= 0.6 is 0 Å². The lowest BCUT2D eigenvalue weighted by molar-refractivity contribution is -0.226. The van der Waals surface area contributed by atoms with Gasteiger partial charge in [-0.2, -0.15) is 8.42 Å². The SMILES string of the molecule is O=c1cc(-c2ccc(O)cc2)oc2cc(O)c(C3OC(CO)C(O)C(O)C3OS(=O)(=O)O)c(O)c12. The molecule has 35 heavy (non-hydrogen) atoms. The minimum absolute atomic E-state index is 0.0283. The van der Waals surface area contributed by atoms with Crippen LogP contribution in [0.1, 0.15) is 11.7 Å². The maximum atomic E-state index is 12.9. The summed E-state index contributed by atoms with van der Waals surface area (Å²) in [6.07, 6.45) is -9.44. The Morgan fingerprint density at radius 2 is 1.66 bits per heavy atom. The minimum atomic E-state index is -5.24. The van der Waals surface area contributed by atoms with Gasteiger partial charge in [0.05, 0.1) is 12.2 Å². The third-order valence-electron chi connectivity index (χ3n) is 5.55. The molecule has 1 aromatic heterocycles. The number of aromatic hydroxyl groups is 3. The van der Waals surface area contributed by atoms with E-state index in [4.69, 9.17) is 13.7 Å². The van der Waals surface area contributed by atoms with Crippen LogP contribution in [0.3, 0.4) is 0 Å². The third-order valence-corrected chi connectivity index (χ3v) is 6.01. The van der Waals surface area contributed by atoms with Gasteiger partial charge >= 0.3 is 10.4 Å². The Labute approximate surface area is 196 Å². The van der Waals surface area contributed by atoms with Crippen LogP contribution in [0.4, 0.5) is 0 Å². The summed E-state index contributed by atoms with van der Waals surface area (Å²) in [5.41, 5.74) is -1.29. The van der Waals surface area contributed by atoms with Gasteiger partial charge in [-0.25, -0.2) is 4.18 Å². The van der Waals surface area contributed by atoms with Crippen LogP contribution in [-0.4, -0.2) is 74.6 Å². The van der Waals surface area contributed by atoms with E-state index in [0.29, 0.717) is 5.56 Å². The molecule has 7 N–H and O–H groups in total. The molecule has 2 aromatic carbocycles. The van der Waals surface area contributed by atoms with E-state index < -0.39 is 75.4 Å². The Morgan fingerprint density at radius 3 is 2.26 bits per heavy atom. The first kappa shape index (κ1) is 24.9. The topological polar surface area (TPSA) is 224 Å². The van der Waals surface area contributed by atoms with Gasteiger partial charge < -0.3 is 39.8 Å². The number of ether oxygens (including phenoxy) is 1. The van der Waals surface area contributed by atoms with Gasteiger partial charge in [0.2, 0.25) is 0 Å². The lowest BCUT2D eigenvalue weighted by Gasteiger charge is -2.41. The lowest BCUT2D eigenvalue weighted by atomic mass is 9.89. The normalized spacial score (nSPS) is 25.1. The average molecular weight is 512 g/mol. The van der Waals surface area contributed by atoms with Crippen LogP contribution in [0.5, 0.6) is 17.2 Å². The summed E-state index contributed by atoms with van der Waals surface area (Å²) in [4.78, 5) is 12.9. The van der Waals surface area contributed by atoms with Gasteiger partial charge in [-0.15, -0.1) is 0 Å². The van der Waals surface area contributed by atoms with Crippen LogP contribution in [-0.2, 0) is 19.3 Å². The molecule has 0 amide bonds. The molecule has 0 radical (unpaired) electrons. The molecule has 13 nitrogen and oxygen atoms in total. The van der Waals surface area contributed by atoms with Crippen molar-refractivity contribution in [2.24, 2.45) is 0 Å². The van der Waals surface area contributed by atoms with E-state index in [9.17, 15) is 43.9 Å². The standard InChI is InChI=1S/C21H20O13S/c22-7-14-17(26)19(28)21(34-35(29,30)31)20(33-14)16-11(25)6-13-15(18(16)27)10(24)5-12(32-13)8-1-3-9(23)4-2-8/h1-6,14,17,19-23,25-28H,7H2,(H,29,30,31). The summed E-state index contributed by atoms with van der Waals surface area (Å²) in [6, 6.07) is 7.58. The van der Waals surface area contributed by atoms with E-state index in [1.165, 1.54) is 24.3 Å². The van der Waals surface area contributed by atoms with Crippen molar-refractivity contribution in [2.45, 2.75) is 30.5 Å². The number of hydrogen-bond acceptors (Lipinski definition) is 12. The van der Waals surface area contributed by atoms with E-state index >= 15 is 0 Å². The van der Waals surface area contributed by atoms with Gasteiger partial charge in [-0.3, -0.25) is 9.35 Å². The van der Waals surface area contributed by atoms with Gasteiger partial charge in [-0.1, -0.05) is 0 Å². The molecule has 0 aliphatic carbocycles. The summed E-state index contributed by atoms with van der Waals surface area (Å²) in [6.45, 7) is -0.861. The second-order valence-corrected chi connectivity index (χ2v) is 8.85. The first-order valence-electron chi connectivity index (χ1n) is 10.0. The largest absolute Gasteiger partial charge is 0.508 e. The summed E-state index contributed by atoms with van der Waals surface area (Å²) in [7, 11) is -5.24. The van der Waals surface area contributed by atoms with Gasteiger partial charge in [-0.05, 0) is 24.3 Å². The maximum Gasteiger partial charge on any atom is 0.397 e. The molecule has 0 spiro atoms. The Morgan fingerprint density at radius 1 is 1.00 bits per heavy atom. The number of aliphatic hydroxyl groups is 3. The van der Waals surface area contributed by atoms with E-state index in [-0.39, 0.29) is 17.1 Å². The molecule has 5 unspecified atom stereocenters. The number of aliphatic hydroxyl groups excluding tert-OH is 3. The van der Waals surface area contributed by atoms with Gasteiger partial charge in [0.15, 0.2) is 5.43 Å². The fourth-order valence-electron chi connectivity index (χ4n) is 3.92. The van der Waals surface area contributed by atoms with E-state index in [1.807, 2.05) is 0 Å². The molecular weight excluding hydrogens is 492 g/mol. The van der Waals surface area contributed by atoms with E-state index in [0.717, 1.165) is 12.1 Å². The highest BCUT2D eigenvalue weighted by Gasteiger charge is 2.49. The fraction of sp³-hybridized carbons (Fsp3) is 0.286. The van der Waals surface area contributed by atoms with Crippen LogP contribution < -0.4 is 5.43 Å². The van der Waals surface area contributed by atoms with Crippen LogP contribution in [0.2, 0.25) is 0 Å². The van der Waals surface area contributed by atoms with Crippen LogP contribution in [0.15, 0.2) is 45.6 Å². The molecule has 14 heteroatoms. The predicted molar refractivity (Wildman–Crippen MR) is 116 cm³/mol. The van der Waals surface area contributed by atoms with Crippen LogP contribution in [0, 0.1) is 0 Å². The van der Waals surface area contributed by atoms with Crippen molar-refractivity contribution in [3.63, 3.8) is 0 Å². The summed E-state index contributed by atoms with van der Waals surface area (Å²) in [5, 5.41) is 60.4. The zero-order valence-corrected chi connectivity index (χ0v) is 18.4. The molecule has 4 rings (SSSR count). The van der Waals surface area contributed by atoms with Crippen molar-refractivity contribution in [3.05, 3.63) is 52.2 Å². The smallest absolute Gasteiger partial charge is 0.397 e. The molecular formula is C21H20O13S. The Bertz CT molecular complexity index is 1410. The van der Waals surface area contributed by atoms with Crippen molar-refractivity contribution in [2.75, 3.05) is 6.61 Å². The Kier molecular flexibility index (Phi) is 6.46. The molecule has 1 saturated heterocycles. The number of phenols is 3. The summed E-state index contributed by atoms with van der Waals surface area (Å²) >= 11 is 0. The predicted octanol–water partition coefficient (Wildman–Crippen LogP) is -0.0812. The number of benzene rings is 2. The van der Waals surface area contributed by atoms with Crippen molar-refractivity contribution in [1.82, 2.24) is 0 Å². The quantitative estimate of drug-likeness (QED) is 0.222. The van der Waals surface area contributed by atoms with Crippen molar-refractivity contribution >= 4 is 21.4 Å². The van der Waals surface area contributed by atoms with Gasteiger partial charge in [0.1, 0.15) is 64.5 Å². The van der Waals surface area contributed by atoms with Gasteiger partial charge in [0, 0.05) is 17.7 Å². The number of rotatable bonds is 5. The second kappa shape index (κ2) is 9.09.